The molecule has 5 atom stereocenters. The molecule has 0 spiro atoms. The number of nitriles is 1. The number of benzene rings is 1. The topological polar surface area (TPSA) is 97.0 Å². The molecule has 4 aliphatic rings. The number of amidine groups is 2. The van der Waals surface area contributed by atoms with E-state index in [0.717, 1.165) is 0 Å². The van der Waals surface area contributed by atoms with Crippen molar-refractivity contribution in [1.29, 1.82) is 5.26 Å². The molecule has 1 fully saturated rings. The second kappa shape index (κ2) is 9.42. The highest BCUT2D eigenvalue weighted by atomic mass is 19.1. The zero-order chi connectivity index (χ0) is 27.5. The normalized spacial score (nSPS) is 29.4. The van der Waals surface area contributed by atoms with Gasteiger partial charge >= 0.3 is 6.03 Å². The molecule has 4 heterocycles. The second-order valence-electron chi connectivity index (χ2n) is 11.4. The Morgan fingerprint density at radius 3 is 2.63 bits per heavy atom. The number of rotatable bonds is 3. The van der Waals surface area contributed by atoms with E-state index in [1.54, 1.807) is 18.0 Å². The number of carbonyl (C=O) groups is 1. The number of carbonyl (C=O) groups excluding carboxylic acids is 1. The van der Waals surface area contributed by atoms with Gasteiger partial charge in [-0.15, -0.1) is 0 Å². The van der Waals surface area contributed by atoms with Crippen LogP contribution in [-0.4, -0.2) is 101 Å². The van der Waals surface area contributed by atoms with Crippen molar-refractivity contribution in [2.24, 2.45) is 9.98 Å². The molecule has 0 bridgehead atoms. The van der Waals surface area contributed by atoms with Crippen molar-refractivity contribution in [3.05, 3.63) is 23.5 Å². The van der Waals surface area contributed by atoms with Gasteiger partial charge in [-0.2, -0.15) is 10.3 Å². The van der Waals surface area contributed by atoms with E-state index in [-0.39, 0.29) is 48.6 Å². The molecule has 38 heavy (non-hydrogen) atoms. The number of nitrogens with zero attached hydrogens (tertiary/aromatic N) is 7. The fourth-order valence-electron chi connectivity index (χ4n) is 6.01. The Labute approximate surface area is 223 Å². The Balaban J connectivity index is 1.39. The van der Waals surface area contributed by atoms with Crippen molar-refractivity contribution in [1.82, 2.24) is 19.6 Å². The number of hydrogen-bond donors (Lipinski definition) is 0. The van der Waals surface area contributed by atoms with Crippen LogP contribution < -0.4 is 9.47 Å². The van der Waals surface area contributed by atoms with Gasteiger partial charge < -0.3 is 24.2 Å². The van der Waals surface area contributed by atoms with Gasteiger partial charge in [0.05, 0.1) is 12.5 Å². The van der Waals surface area contributed by atoms with Gasteiger partial charge in [-0.1, -0.05) is 0 Å². The zero-order valence-corrected chi connectivity index (χ0v) is 23.1. The summed E-state index contributed by atoms with van der Waals surface area (Å²) < 4.78 is 27.1. The van der Waals surface area contributed by atoms with E-state index < -0.39 is 5.60 Å². The molecule has 0 aliphatic carbocycles. The number of likely N-dealkylation sites (N-methyl/N-ethyl adjacent to an activating group) is 2. The Bertz CT molecular complexity index is 1240. The standard InChI is InChI=1S/C27H36FN7O3/c1-15-13-35(24-23-25(33(7)26(36)31-24)32(6)22(30-23)8-9-29)16(2)12-34(15)17(3)18-10-21-20(11-19(18)28)37-14-27(4,5)38-21/h10-11,15-17,23,25H,8,12-14H2,1-7H3/t15-,16+,17?,23?,25?/m1/s1. The number of urea groups is 1. The molecule has 0 saturated carbocycles. The third kappa shape index (κ3) is 4.34. The number of hydrogen-bond acceptors (Lipinski definition) is 8. The van der Waals surface area contributed by atoms with Gasteiger partial charge in [0.25, 0.3) is 0 Å². The third-order valence-electron chi connectivity index (χ3n) is 8.09. The van der Waals surface area contributed by atoms with E-state index in [0.29, 0.717) is 48.4 Å². The SMILES string of the molecule is CC(c1cc2c(cc1F)OCC(C)(C)O2)N1C[C@H](C)N(C2=NC(=O)N(C)C3C2N=C(CC#N)N3C)C[C@H]1C. The molecule has 2 amide bonds. The zero-order valence-electron chi connectivity index (χ0n) is 23.1. The summed E-state index contributed by atoms with van der Waals surface area (Å²) >= 11 is 0. The van der Waals surface area contributed by atoms with Crippen molar-refractivity contribution in [3.8, 4) is 17.6 Å². The lowest BCUT2D eigenvalue weighted by molar-refractivity contribution is 0.0199. The summed E-state index contributed by atoms with van der Waals surface area (Å²) in [6, 6.07) is 4.52. The summed E-state index contributed by atoms with van der Waals surface area (Å²) in [4.78, 5) is 30.0. The van der Waals surface area contributed by atoms with Crippen LogP contribution in [0.15, 0.2) is 22.1 Å². The van der Waals surface area contributed by atoms with Gasteiger partial charge in [-0.25, -0.2) is 9.18 Å². The fourth-order valence-corrected chi connectivity index (χ4v) is 6.01. The van der Waals surface area contributed by atoms with Crippen molar-refractivity contribution in [3.63, 3.8) is 0 Å². The number of halogens is 1. The van der Waals surface area contributed by atoms with E-state index in [9.17, 15) is 10.1 Å². The maximum Gasteiger partial charge on any atom is 0.346 e. The number of aliphatic imine (C=N–C) groups is 2. The van der Waals surface area contributed by atoms with Gasteiger partial charge in [0, 0.05) is 56.9 Å². The van der Waals surface area contributed by atoms with Gasteiger partial charge in [0.1, 0.15) is 41.9 Å². The predicted molar refractivity (Wildman–Crippen MR) is 141 cm³/mol. The summed E-state index contributed by atoms with van der Waals surface area (Å²) in [5, 5.41) is 9.25. The Hall–Kier alpha value is -3.39. The molecule has 0 radical (unpaired) electrons. The molecule has 1 aromatic rings. The number of amides is 2. The highest BCUT2D eigenvalue weighted by Crippen LogP contribution is 2.40. The Morgan fingerprint density at radius 1 is 1.18 bits per heavy atom. The highest BCUT2D eigenvalue weighted by molar-refractivity contribution is 6.04. The van der Waals surface area contributed by atoms with Gasteiger partial charge in [0.2, 0.25) is 0 Å². The number of ether oxygens (including phenoxy) is 2. The lowest BCUT2D eigenvalue weighted by atomic mass is 9.98. The van der Waals surface area contributed by atoms with Crippen LogP contribution in [-0.2, 0) is 0 Å². The van der Waals surface area contributed by atoms with Crippen LogP contribution >= 0.6 is 0 Å². The monoisotopic (exact) mass is 525 g/mol. The predicted octanol–water partition coefficient (Wildman–Crippen LogP) is 3.25. The van der Waals surface area contributed by atoms with Crippen molar-refractivity contribution in [2.75, 3.05) is 33.8 Å². The molecule has 5 rings (SSSR count). The van der Waals surface area contributed by atoms with Crippen molar-refractivity contribution in [2.45, 2.75) is 77.0 Å². The molecule has 1 aromatic carbocycles. The van der Waals surface area contributed by atoms with Crippen LogP contribution in [0.25, 0.3) is 0 Å². The van der Waals surface area contributed by atoms with E-state index >= 15 is 4.39 Å². The third-order valence-corrected chi connectivity index (χ3v) is 8.09. The largest absolute Gasteiger partial charge is 0.485 e. The minimum atomic E-state index is -0.479. The van der Waals surface area contributed by atoms with Crippen LogP contribution in [0.1, 0.15) is 52.6 Å². The van der Waals surface area contributed by atoms with E-state index in [4.69, 9.17) is 14.5 Å². The molecular weight excluding hydrogens is 489 g/mol. The maximum absolute atomic E-state index is 15.3. The summed E-state index contributed by atoms with van der Waals surface area (Å²) in [6.07, 6.45) is -0.136. The Kier molecular flexibility index (Phi) is 6.50. The van der Waals surface area contributed by atoms with Crippen LogP contribution in [0.4, 0.5) is 9.18 Å². The first-order valence-electron chi connectivity index (χ1n) is 13.1. The number of piperazine rings is 1. The summed E-state index contributed by atoms with van der Waals surface area (Å²) in [6.45, 7) is 11.7. The molecule has 204 valence electrons. The van der Waals surface area contributed by atoms with E-state index in [1.165, 1.54) is 6.07 Å². The first kappa shape index (κ1) is 26.2. The lowest BCUT2D eigenvalue weighted by Crippen LogP contribution is -2.64. The molecule has 0 aromatic heterocycles. The summed E-state index contributed by atoms with van der Waals surface area (Å²) in [7, 11) is 3.58. The van der Waals surface area contributed by atoms with Gasteiger partial charge in [0.15, 0.2) is 11.5 Å². The average molecular weight is 526 g/mol. The minimum Gasteiger partial charge on any atom is -0.485 e. The molecule has 3 unspecified atom stereocenters. The van der Waals surface area contributed by atoms with Crippen molar-refractivity contribution >= 4 is 17.7 Å². The highest BCUT2D eigenvalue weighted by Gasteiger charge is 2.48. The van der Waals surface area contributed by atoms with Crippen LogP contribution in [0.3, 0.4) is 0 Å². The first-order valence-corrected chi connectivity index (χ1v) is 13.1. The molecule has 11 heteroatoms. The molecule has 1 saturated heterocycles. The average Bonchev–Trinajstić information content (AvgIpc) is 3.18. The van der Waals surface area contributed by atoms with E-state index in [2.05, 4.69) is 34.7 Å². The maximum atomic E-state index is 15.3. The molecule has 0 N–H and O–H groups in total. The Morgan fingerprint density at radius 2 is 1.92 bits per heavy atom. The molecule has 4 aliphatic heterocycles. The number of fused-ring (bicyclic) bond motifs is 2. The van der Waals surface area contributed by atoms with Crippen LogP contribution in [0.2, 0.25) is 0 Å². The fraction of sp³-hybridized carbons (Fsp3) is 0.630. The first-order chi connectivity index (χ1) is 17.9. The molecular formula is C27H36FN7O3. The van der Waals surface area contributed by atoms with Crippen molar-refractivity contribution < 1.29 is 18.7 Å². The lowest BCUT2D eigenvalue weighted by Gasteiger charge is -2.49. The minimum absolute atomic E-state index is 0.00369. The van der Waals surface area contributed by atoms with Gasteiger partial charge in [-0.05, 0) is 40.7 Å². The summed E-state index contributed by atoms with van der Waals surface area (Å²) in [5.74, 6) is 1.97. The molecule has 10 nitrogen and oxygen atoms in total. The summed E-state index contributed by atoms with van der Waals surface area (Å²) in [5.41, 5.74) is 0.0832. The quantitative estimate of drug-likeness (QED) is 0.598. The van der Waals surface area contributed by atoms with Gasteiger partial charge in [-0.3, -0.25) is 9.89 Å². The van der Waals surface area contributed by atoms with E-state index in [1.807, 2.05) is 32.7 Å². The smallest absolute Gasteiger partial charge is 0.346 e. The van der Waals surface area contributed by atoms with Crippen LogP contribution in [0, 0.1) is 17.1 Å². The second-order valence-corrected chi connectivity index (χ2v) is 11.4. The van der Waals surface area contributed by atoms with Crippen LogP contribution in [0.5, 0.6) is 11.5 Å².